The molecular weight excluding hydrogens is 194 g/mol. The number of benzene rings is 1. The Hall–Kier alpha value is -1.71. The third-order valence-corrected chi connectivity index (χ3v) is 2.95. The monoisotopic (exact) mass is 205 g/mol. The summed E-state index contributed by atoms with van der Waals surface area (Å²) >= 11 is 0. The molecule has 78 valence electrons. The summed E-state index contributed by atoms with van der Waals surface area (Å²) in [7, 11) is 0. The molecule has 1 spiro atoms. The first-order valence-electron chi connectivity index (χ1n) is 4.99. The summed E-state index contributed by atoms with van der Waals surface area (Å²) in [6, 6.07) is 7.71. The number of fused-ring (bicyclic) bond motifs is 2. The number of amides is 1. The Morgan fingerprint density at radius 1 is 1.33 bits per heavy atom. The number of hydrogen-bond acceptors (Lipinski definition) is 3. The summed E-state index contributed by atoms with van der Waals surface area (Å²) in [5, 5.41) is 2.70. The first-order chi connectivity index (χ1) is 7.30. The zero-order valence-corrected chi connectivity index (χ0v) is 8.16. The number of carbonyl (C=O) groups is 1. The third-order valence-electron chi connectivity index (χ3n) is 2.95. The van der Waals surface area contributed by atoms with E-state index in [2.05, 4.69) is 5.32 Å². The molecule has 1 aromatic rings. The van der Waals surface area contributed by atoms with Gasteiger partial charge in [-0.25, -0.2) is 4.79 Å². The van der Waals surface area contributed by atoms with E-state index < -0.39 is 5.60 Å². The highest BCUT2D eigenvalue weighted by molar-refractivity contribution is 5.71. The fraction of sp³-hybridized carbons (Fsp3) is 0.364. The maximum Gasteiger partial charge on any atom is 0.408 e. The first-order valence-corrected chi connectivity index (χ1v) is 4.99. The van der Waals surface area contributed by atoms with Crippen LogP contribution >= 0.6 is 0 Å². The Kier molecular flexibility index (Phi) is 1.65. The Morgan fingerprint density at radius 2 is 2.20 bits per heavy atom. The molecule has 2 aliphatic rings. The molecule has 0 aliphatic carbocycles. The second kappa shape index (κ2) is 2.89. The van der Waals surface area contributed by atoms with Crippen LogP contribution in [-0.4, -0.2) is 19.2 Å². The van der Waals surface area contributed by atoms with Gasteiger partial charge in [-0.05, 0) is 6.07 Å². The minimum Gasteiger partial charge on any atom is -0.493 e. The van der Waals surface area contributed by atoms with Gasteiger partial charge >= 0.3 is 6.09 Å². The fourth-order valence-corrected chi connectivity index (χ4v) is 2.18. The molecule has 1 atom stereocenters. The Morgan fingerprint density at radius 3 is 3.00 bits per heavy atom. The smallest absolute Gasteiger partial charge is 0.408 e. The van der Waals surface area contributed by atoms with E-state index >= 15 is 0 Å². The van der Waals surface area contributed by atoms with Crippen molar-refractivity contribution in [2.24, 2.45) is 0 Å². The van der Waals surface area contributed by atoms with Crippen LogP contribution in [0.4, 0.5) is 4.79 Å². The normalized spacial score (nSPS) is 27.9. The molecule has 0 saturated carbocycles. The lowest BCUT2D eigenvalue weighted by molar-refractivity contribution is 0.0192. The van der Waals surface area contributed by atoms with Gasteiger partial charge in [0.15, 0.2) is 5.60 Å². The van der Waals surface area contributed by atoms with Crippen molar-refractivity contribution in [3.05, 3.63) is 29.8 Å². The lowest BCUT2D eigenvalue weighted by Crippen LogP contribution is -2.36. The molecule has 0 bridgehead atoms. The molecule has 2 aliphatic heterocycles. The van der Waals surface area contributed by atoms with Gasteiger partial charge in [-0.3, -0.25) is 0 Å². The minimum absolute atomic E-state index is 0.341. The maximum absolute atomic E-state index is 11.2. The molecule has 4 heteroatoms. The summed E-state index contributed by atoms with van der Waals surface area (Å²) in [6.07, 6.45) is 0.370. The van der Waals surface area contributed by atoms with Crippen LogP contribution in [-0.2, 0) is 10.3 Å². The van der Waals surface area contributed by atoms with Gasteiger partial charge in [0.1, 0.15) is 5.75 Å². The van der Waals surface area contributed by atoms with Crippen molar-refractivity contribution in [2.45, 2.75) is 12.0 Å². The van der Waals surface area contributed by atoms with Gasteiger partial charge in [0.05, 0.1) is 13.2 Å². The molecule has 3 rings (SSSR count). The van der Waals surface area contributed by atoms with Gasteiger partial charge in [0.25, 0.3) is 0 Å². The molecule has 1 saturated heterocycles. The van der Waals surface area contributed by atoms with E-state index in [4.69, 9.17) is 9.47 Å². The fourth-order valence-electron chi connectivity index (χ4n) is 2.18. The van der Waals surface area contributed by atoms with Crippen molar-refractivity contribution < 1.29 is 14.3 Å². The predicted octanol–water partition coefficient (Wildman–Crippen LogP) is 1.40. The first kappa shape index (κ1) is 8.59. The third kappa shape index (κ3) is 1.17. The van der Waals surface area contributed by atoms with Crippen molar-refractivity contribution >= 4 is 6.09 Å². The standard InChI is InChI=1S/C11H11NO3/c13-10-12-7-11(15-10)5-6-14-9-4-2-1-3-8(9)11/h1-4H,5-7H2,(H,12,13)/t11-/m1/s1. The topological polar surface area (TPSA) is 47.6 Å². The number of hydrogen-bond donors (Lipinski definition) is 1. The Labute approximate surface area is 87.2 Å². The average molecular weight is 205 g/mol. The van der Waals surface area contributed by atoms with Crippen molar-refractivity contribution in [2.75, 3.05) is 13.2 Å². The molecule has 1 N–H and O–H groups in total. The summed E-state index contributed by atoms with van der Waals surface area (Å²) < 4.78 is 10.9. The lowest BCUT2D eigenvalue weighted by Gasteiger charge is -2.32. The number of nitrogens with one attached hydrogen (secondary N) is 1. The van der Waals surface area contributed by atoms with Crippen LogP contribution in [0.1, 0.15) is 12.0 Å². The van der Waals surface area contributed by atoms with E-state index in [0.29, 0.717) is 19.6 Å². The quantitative estimate of drug-likeness (QED) is 0.696. The highest BCUT2D eigenvalue weighted by Gasteiger charge is 2.45. The molecule has 2 heterocycles. The molecule has 1 amide bonds. The molecule has 0 radical (unpaired) electrons. The van der Waals surface area contributed by atoms with Crippen LogP contribution in [0.25, 0.3) is 0 Å². The van der Waals surface area contributed by atoms with Crippen LogP contribution in [0.2, 0.25) is 0 Å². The molecular formula is C11H11NO3. The van der Waals surface area contributed by atoms with Crippen LogP contribution in [0.15, 0.2) is 24.3 Å². The maximum atomic E-state index is 11.2. The molecule has 1 aromatic carbocycles. The number of ether oxygens (including phenoxy) is 2. The molecule has 1 fully saturated rings. The van der Waals surface area contributed by atoms with Gasteiger partial charge in [-0.2, -0.15) is 0 Å². The summed E-state index contributed by atoms with van der Waals surface area (Å²) in [5.74, 6) is 0.820. The van der Waals surface area contributed by atoms with Gasteiger partial charge in [0.2, 0.25) is 0 Å². The second-order valence-electron chi connectivity index (χ2n) is 3.83. The van der Waals surface area contributed by atoms with Crippen molar-refractivity contribution in [3.8, 4) is 5.75 Å². The summed E-state index contributed by atoms with van der Waals surface area (Å²) in [5.41, 5.74) is 0.459. The van der Waals surface area contributed by atoms with Crippen molar-refractivity contribution in [1.82, 2.24) is 5.32 Å². The van der Waals surface area contributed by atoms with Gasteiger partial charge < -0.3 is 14.8 Å². The van der Waals surface area contributed by atoms with Crippen molar-refractivity contribution in [1.29, 1.82) is 0 Å². The Bertz CT molecular complexity index is 418. The predicted molar refractivity (Wildman–Crippen MR) is 52.7 cm³/mol. The van der Waals surface area contributed by atoms with E-state index in [1.54, 1.807) is 0 Å². The second-order valence-corrected chi connectivity index (χ2v) is 3.83. The lowest BCUT2D eigenvalue weighted by atomic mass is 9.88. The van der Waals surface area contributed by atoms with Gasteiger partial charge in [-0.15, -0.1) is 0 Å². The van der Waals surface area contributed by atoms with E-state index in [0.717, 1.165) is 11.3 Å². The largest absolute Gasteiger partial charge is 0.493 e. The molecule has 0 unspecified atom stereocenters. The van der Waals surface area contributed by atoms with Crippen LogP contribution in [0, 0.1) is 0 Å². The zero-order valence-electron chi connectivity index (χ0n) is 8.16. The van der Waals surface area contributed by atoms with E-state index in [9.17, 15) is 4.79 Å². The number of alkyl carbamates (subject to hydrolysis) is 1. The van der Waals surface area contributed by atoms with Crippen LogP contribution in [0.5, 0.6) is 5.75 Å². The van der Waals surface area contributed by atoms with Gasteiger partial charge in [0, 0.05) is 12.0 Å². The van der Waals surface area contributed by atoms with Crippen LogP contribution in [0.3, 0.4) is 0 Å². The van der Waals surface area contributed by atoms with E-state index in [-0.39, 0.29) is 6.09 Å². The average Bonchev–Trinajstić information content (AvgIpc) is 2.62. The Balaban J connectivity index is 2.09. The molecule has 4 nitrogen and oxygen atoms in total. The minimum atomic E-state index is -0.508. The van der Waals surface area contributed by atoms with Gasteiger partial charge in [-0.1, -0.05) is 18.2 Å². The number of carbonyl (C=O) groups excluding carboxylic acids is 1. The SMILES string of the molecule is O=C1NC[C@@]2(CCOc3ccccc32)O1. The molecule has 15 heavy (non-hydrogen) atoms. The highest BCUT2D eigenvalue weighted by atomic mass is 16.6. The van der Waals surface area contributed by atoms with Crippen molar-refractivity contribution in [3.63, 3.8) is 0 Å². The zero-order chi connectivity index (χ0) is 10.3. The highest BCUT2D eigenvalue weighted by Crippen LogP contribution is 2.41. The number of rotatable bonds is 0. The van der Waals surface area contributed by atoms with Crippen LogP contribution < -0.4 is 10.1 Å². The van der Waals surface area contributed by atoms with E-state index in [1.165, 1.54) is 0 Å². The summed E-state index contributed by atoms with van der Waals surface area (Å²) in [4.78, 5) is 11.2. The molecule has 0 aromatic heterocycles. The van der Waals surface area contributed by atoms with E-state index in [1.807, 2.05) is 24.3 Å². The number of para-hydroxylation sites is 1. The summed E-state index contributed by atoms with van der Waals surface area (Å²) in [6.45, 7) is 1.12.